The smallest absolute Gasteiger partial charge is 0.338 e. The van der Waals surface area contributed by atoms with Crippen LogP contribution in [0, 0.1) is 6.92 Å². The van der Waals surface area contributed by atoms with Crippen LogP contribution in [0.2, 0.25) is 0 Å². The molecule has 0 aliphatic carbocycles. The molecule has 1 unspecified atom stereocenters. The maximum atomic E-state index is 11.6. The highest BCUT2D eigenvalue weighted by atomic mass is 35.5. The van der Waals surface area contributed by atoms with Gasteiger partial charge in [0.15, 0.2) is 0 Å². The van der Waals surface area contributed by atoms with E-state index in [9.17, 15) is 9.90 Å². The quantitative estimate of drug-likeness (QED) is 0.819. The third-order valence-electron chi connectivity index (χ3n) is 5.00. The van der Waals surface area contributed by atoms with Crippen molar-refractivity contribution in [1.82, 2.24) is 4.90 Å². The maximum absolute atomic E-state index is 11.6. The maximum Gasteiger partial charge on any atom is 0.338 e. The van der Waals surface area contributed by atoms with Crippen molar-refractivity contribution in [1.29, 1.82) is 0 Å². The summed E-state index contributed by atoms with van der Waals surface area (Å²) in [6.07, 6.45) is 2.92. The van der Waals surface area contributed by atoms with E-state index in [-0.39, 0.29) is 18.4 Å². The number of hydrogen-bond acceptors (Lipinski definition) is 5. The number of likely N-dealkylation sites (tertiary alicyclic amines) is 1. The van der Waals surface area contributed by atoms with Gasteiger partial charge in [0, 0.05) is 24.7 Å². The lowest BCUT2D eigenvalue weighted by molar-refractivity contribution is 0.0535. The lowest BCUT2D eigenvalue weighted by Crippen LogP contribution is -2.45. The van der Waals surface area contributed by atoms with Crippen molar-refractivity contribution in [2.75, 3.05) is 19.6 Å². The molecule has 2 atom stereocenters. The Balaban J connectivity index is 0.00000192. The molecule has 0 radical (unpaired) electrons. The number of carbonyl (C=O) groups excluding carboxylic acids is 1. The number of ether oxygens (including phenoxy) is 1. The second-order valence-corrected chi connectivity index (χ2v) is 6.28. The molecule has 0 spiro atoms. The third kappa shape index (κ3) is 3.53. The van der Waals surface area contributed by atoms with Crippen molar-refractivity contribution in [3.8, 4) is 0 Å². The molecule has 2 aliphatic heterocycles. The van der Waals surface area contributed by atoms with E-state index in [0.717, 1.165) is 36.1 Å². The molecule has 1 aromatic carbocycles. The van der Waals surface area contributed by atoms with E-state index in [1.165, 1.54) is 6.42 Å². The summed E-state index contributed by atoms with van der Waals surface area (Å²) < 4.78 is 5.08. The highest BCUT2D eigenvalue weighted by molar-refractivity contribution is 5.93. The van der Waals surface area contributed by atoms with Gasteiger partial charge in [0.2, 0.25) is 0 Å². The van der Waals surface area contributed by atoms with Gasteiger partial charge in [0.1, 0.15) is 6.61 Å². The Morgan fingerprint density at radius 1 is 1.43 bits per heavy atom. The number of carbonyl (C=O) groups is 1. The van der Waals surface area contributed by atoms with Gasteiger partial charge in [-0.05, 0) is 43.5 Å². The first-order valence-electron chi connectivity index (χ1n) is 8.03. The predicted molar refractivity (Wildman–Crippen MR) is 90.8 cm³/mol. The molecule has 5 nitrogen and oxygen atoms in total. The number of nitrogens with zero attached hydrogens (tertiary/aromatic N) is 1. The number of piperidine rings is 1. The summed E-state index contributed by atoms with van der Waals surface area (Å²) in [5, 5.41) is 10.7. The largest absolute Gasteiger partial charge is 0.457 e. The van der Waals surface area contributed by atoms with Crippen molar-refractivity contribution in [3.05, 3.63) is 34.4 Å². The van der Waals surface area contributed by atoms with E-state index in [4.69, 9.17) is 10.5 Å². The molecule has 1 aromatic rings. The monoisotopic (exact) mass is 340 g/mol. The van der Waals surface area contributed by atoms with E-state index in [0.29, 0.717) is 31.3 Å². The molecular formula is C17H25ClN2O3. The van der Waals surface area contributed by atoms with Crippen LogP contribution in [-0.2, 0) is 11.3 Å². The van der Waals surface area contributed by atoms with Crippen LogP contribution in [-0.4, -0.2) is 41.7 Å². The number of rotatable bonds is 4. The van der Waals surface area contributed by atoms with E-state index in [2.05, 4.69) is 4.90 Å². The fourth-order valence-corrected chi connectivity index (χ4v) is 3.62. The zero-order valence-electron chi connectivity index (χ0n) is 13.5. The fraction of sp³-hybridized carbons (Fsp3) is 0.588. The van der Waals surface area contributed by atoms with Crippen LogP contribution >= 0.6 is 12.4 Å². The fourth-order valence-electron chi connectivity index (χ4n) is 3.62. The molecule has 0 aromatic heterocycles. The topological polar surface area (TPSA) is 75.8 Å². The minimum atomic E-state index is -0.562. The van der Waals surface area contributed by atoms with Gasteiger partial charge in [-0.1, -0.05) is 12.5 Å². The number of halogens is 1. The first-order valence-corrected chi connectivity index (χ1v) is 8.03. The molecule has 3 rings (SSSR count). The van der Waals surface area contributed by atoms with Gasteiger partial charge in [-0.2, -0.15) is 0 Å². The number of aliphatic hydroxyl groups is 1. The van der Waals surface area contributed by atoms with Gasteiger partial charge in [-0.3, -0.25) is 4.90 Å². The second-order valence-electron chi connectivity index (χ2n) is 6.28. The third-order valence-corrected chi connectivity index (χ3v) is 5.00. The van der Waals surface area contributed by atoms with Crippen LogP contribution in [0.25, 0.3) is 0 Å². The van der Waals surface area contributed by atoms with Crippen LogP contribution in [0.5, 0.6) is 0 Å². The zero-order valence-corrected chi connectivity index (χ0v) is 14.3. The lowest BCUT2D eigenvalue weighted by atomic mass is 9.94. The van der Waals surface area contributed by atoms with Gasteiger partial charge in [0.25, 0.3) is 0 Å². The Hall–Kier alpha value is -1.14. The molecule has 0 amide bonds. The summed E-state index contributed by atoms with van der Waals surface area (Å²) in [5.74, 6) is -0.265. The summed E-state index contributed by atoms with van der Waals surface area (Å²) in [6, 6.07) is 3.99. The van der Waals surface area contributed by atoms with Crippen molar-refractivity contribution in [3.63, 3.8) is 0 Å². The number of cyclic esters (lactones) is 1. The van der Waals surface area contributed by atoms with E-state index in [1.54, 1.807) is 6.07 Å². The highest BCUT2D eigenvalue weighted by Crippen LogP contribution is 2.30. The van der Waals surface area contributed by atoms with E-state index < -0.39 is 6.10 Å². The molecular weight excluding hydrogens is 316 g/mol. The van der Waals surface area contributed by atoms with E-state index in [1.807, 2.05) is 13.0 Å². The van der Waals surface area contributed by atoms with Gasteiger partial charge in [0.05, 0.1) is 11.7 Å². The minimum Gasteiger partial charge on any atom is -0.457 e. The summed E-state index contributed by atoms with van der Waals surface area (Å²) in [5.41, 5.74) is 9.25. The Kier molecular flexibility index (Phi) is 6.03. The van der Waals surface area contributed by atoms with Crippen molar-refractivity contribution < 1.29 is 14.6 Å². The summed E-state index contributed by atoms with van der Waals surface area (Å²) in [4.78, 5) is 13.9. The SMILES string of the molecule is Cc1c([C@@H](O)CN2CCCCC2CN)ccc2c1COC2=O.Cl. The van der Waals surface area contributed by atoms with Crippen LogP contribution < -0.4 is 5.73 Å². The summed E-state index contributed by atoms with van der Waals surface area (Å²) >= 11 is 0. The molecule has 6 heteroatoms. The first-order chi connectivity index (χ1) is 10.6. The Morgan fingerprint density at radius 2 is 2.22 bits per heavy atom. The Labute approximate surface area is 143 Å². The number of esters is 1. The molecule has 0 saturated carbocycles. The number of fused-ring (bicyclic) bond motifs is 1. The van der Waals surface area contributed by atoms with Gasteiger partial charge >= 0.3 is 5.97 Å². The summed E-state index contributed by atoms with van der Waals surface area (Å²) in [6.45, 7) is 4.49. The summed E-state index contributed by atoms with van der Waals surface area (Å²) in [7, 11) is 0. The normalized spacial score (nSPS) is 22.2. The molecule has 23 heavy (non-hydrogen) atoms. The van der Waals surface area contributed by atoms with Crippen LogP contribution in [0.4, 0.5) is 0 Å². The number of nitrogens with two attached hydrogens (primary N) is 1. The standard InChI is InChI=1S/C17H24N2O3.ClH/c1-11-13(5-6-14-15(11)10-22-17(14)21)16(20)9-19-7-3-2-4-12(19)8-18;/h5-6,12,16,20H,2-4,7-10,18H2,1H3;1H/t12?,16-;/m0./s1. The average Bonchev–Trinajstić information content (AvgIpc) is 2.90. The molecule has 128 valence electrons. The Bertz CT molecular complexity index is 579. The molecule has 1 saturated heterocycles. The zero-order chi connectivity index (χ0) is 15.7. The average molecular weight is 341 g/mol. The van der Waals surface area contributed by atoms with E-state index >= 15 is 0 Å². The number of benzene rings is 1. The molecule has 2 aliphatic rings. The second kappa shape index (κ2) is 7.62. The lowest BCUT2D eigenvalue weighted by Gasteiger charge is -2.36. The van der Waals surface area contributed by atoms with Crippen LogP contribution in [0.1, 0.15) is 52.4 Å². The predicted octanol–water partition coefficient (Wildman–Crippen LogP) is 1.93. The van der Waals surface area contributed by atoms with Gasteiger partial charge in [-0.15, -0.1) is 12.4 Å². The first kappa shape index (κ1) is 18.2. The van der Waals surface area contributed by atoms with Crippen molar-refractivity contribution >= 4 is 18.4 Å². The van der Waals surface area contributed by atoms with Crippen molar-refractivity contribution in [2.24, 2.45) is 5.73 Å². The molecule has 2 heterocycles. The highest BCUT2D eigenvalue weighted by Gasteiger charge is 2.28. The van der Waals surface area contributed by atoms with Gasteiger partial charge < -0.3 is 15.6 Å². The van der Waals surface area contributed by atoms with Crippen LogP contribution in [0.15, 0.2) is 12.1 Å². The Morgan fingerprint density at radius 3 is 2.96 bits per heavy atom. The van der Waals surface area contributed by atoms with Crippen LogP contribution in [0.3, 0.4) is 0 Å². The molecule has 1 fully saturated rings. The molecule has 3 N–H and O–H groups in total. The number of β-amino-alcohol motifs (C(OH)–C–C–N with tert-alkyl or cyclic N) is 1. The molecule has 0 bridgehead atoms. The van der Waals surface area contributed by atoms with Crippen molar-refractivity contribution in [2.45, 2.75) is 44.9 Å². The van der Waals surface area contributed by atoms with Gasteiger partial charge in [-0.25, -0.2) is 4.79 Å². The number of hydrogen-bond donors (Lipinski definition) is 2. The number of aliphatic hydroxyl groups excluding tert-OH is 1. The minimum absolute atomic E-state index is 0.